The van der Waals surface area contributed by atoms with Gasteiger partial charge in [0.25, 0.3) is 0 Å². The summed E-state index contributed by atoms with van der Waals surface area (Å²) in [6.45, 7) is 1.57. The molecule has 1 amide bonds. The van der Waals surface area contributed by atoms with Crippen molar-refractivity contribution in [1.82, 2.24) is 4.90 Å². The van der Waals surface area contributed by atoms with Crippen LogP contribution in [0.5, 0.6) is 0 Å². The van der Waals surface area contributed by atoms with Crippen LogP contribution in [0.4, 0.5) is 0 Å². The van der Waals surface area contributed by atoms with Crippen LogP contribution >= 0.6 is 27.7 Å². The van der Waals surface area contributed by atoms with Gasteiger partial charge in [0, 0.05) is 15.4 Å². The third kappa shape index (κ3) is 3.99. The summed E-state index contributed by atoms with van der Waals surface area (Å²) in [6.07, 6.45) is 1.82. The van der Waals surface area contributed by atoms with Crippen LogP contribution in [0.25, 0.3) is 0 Å². The van der Waals surface area contributed by atoms with Gasteiger partial charge in [-0.3, -0.25) is 4.79 Å². The van der Waals surface area contributed by atoms with E-state index >= 15 is 0 Å². The van der Waals surface area contributed by atoms with Gasteiger partial charge in [-0.05, 0) is 38.0 Å². The zero-order valence-electron chi connectivity index (χ0n) is 11.1. The van der Waals surface area contributed by atoms with Gasteiger partial charge < -0.3 is 10.0 Å². The van der Waals surface area contributed by atoms with Crippen LogP contribution in [0.15, 0.2) is 33.6 Å². The van der Waals surface area contributed by atoms with Crippen molar-refractivity contribution in [2.24, 2.45) is 0 Å². The van der Waals surface area contributed by atoms with E-state index in [-0.39, 0.29) is 17.7 Å². The lowest BCUT2D eigenvalue weighted by atomic mass is 10.2. The number of carboxylic acid groups (broad SMARTS) is 1. The summed E-state index contributed by atoms with van der Waals surface area (Å²) in [5.74, 6) is -0.782. The maximum atomic E-state index is 12.3. The van der Waals surface area contributed by atoms with E-state index in [4.69, 9.17) is 5.11 Å². The summed E-state index contributed by atoms with van der Waals surface area (Å²) < 4.78 is 0.966. The quantitative estimate of drug-likeness (QED) is 0.795. The number of aliphatic carboxylic acids is 1. The highest BCUT2D eigenvalue weighted by Crippen LogP contribution is 2.30. The van der Waals surface area contributed by atoms with E-state index in [1.54, 1.807) is 6.92 Å². The van der Waals surface area contributed by atoms with Crippen molar-refractivity contribution < 1.29 is 14.7 Å². The number of thioether (sulfide) groups is 1. The fourth-order valence-electron chi connectivity index (χ4n) is 1.98. The Balaban J connectivity index is 1.97. The molecule has 0 radical (unpaired) electrons. The maximum absolute atomic E-state index is 12.3. The summed E-state index contributed by atoms with van der Waals surface area (Å²) >= 11 is 4.82. The molecule has 1 aromatic rings. The van der Waals surface area contributed by atoms with E-state index in [0.29, 0.717) is 0 Å². The predicted octanol–water partition coefficient (Wildman–Crippen LogP) is 3.01. The monoisotopic (exact) mass is 357 g/mol. The Morgan fingerprint density at radius 3 is 2.75 bits per heavy atom. The molecule has 0 bridgehead atoms. The number of carbonyl (C=O) groups excluding carboxylic acids is 1. The molecular formula is C14H16BrNO3S. The molecule has 20 heavy (non-hydrogen) atoms. The van der Waals surface area contributed by atoms with Gasteiger partial charge in [-0.1, -0.05) is 22.0 Å². The zero-order chi connectivity index (χ0) is 14.7. The molecule has 1 aromatic carbocycles. The molecule has 108 valence electrons. The molecule has 6 heteroatoms. The summed E-state index contributed by atoms with van der Waals surface area (Å²) in [4.78, 5) is 25.9. The van der Waals surface area contributed by atoms with E-state index in [9.17, 15) is 9.59 Å². The lowest BCUT2D eigenvalue weighted by Gasteiger charge is -2.26. The number of nitrogens with zero attached hydrogens (tertiary/aromatic N) is 1. The molecule has 1 unspecified atom stereocenters. The van der Waals surface area contributed by atoms with E-state index in [2.05, 4.69) is 15.9 Å². The van der Waals surface area contributed by atoms with Crippen LogP contribution in [-0.4, -0.2) is 39.7 Å². The maximum Gasteiger partial charge on any atom is 0.326 e. The van der Waals surface area contributed by atoms with E-state index in [0.717, 1.165) is 22.2 Å². The van der Waals surface area contributed by atoms with Crippen LogP contribution < -0.4 is 0 Å². The molecular weight excluding hydrogens is 342 g/mol. The predicted molar refractivity (Wildman–Crippen MR) is 81.8 cm³/mol. The van der Waals surface area contributed by atoms with Crippen LogP contribution in [-0.2, 0) is 9.59 Å². The molecule has 0 saturated heterocycles. The average molecular weight is 358 g/mol. The topological polar surface area (TPSA) is 57.6 Å². The molecule has 0 heterocycles. The van der Waals surface area contributed by atoms with Crippen molar-refractivity contribution in [1.29, 1.82) is 0 Å². The summed E-state index contributed by atoms with van der Waals surface area (Å²) in [7, 11) is 0. The minimum Gasteiger partial charge on any atom is -0.480 e. The first-order valence-corrected chi connectivity index (χ1v) is 8.19. The van der Waals surface area contributed by atoms with Gasteiger partial charge in [-0.25, -0.2) is 4.79 Å². The highest BCUT2D eigenvalue weighted by atomic mass is 79.9. The number of halogens is 1. The molecule has 1 fully saturated rings. The Morgan fingerprint density at radius 2 is 2.20 bits per heavy atom. The van der Waals surface area contributed by atoms with Gasteiger partial charge in [-0.2, -0.15) is 0 Å². The van der Waals surface area contributed by atoms with Crippen molar-refractivity contribution in [2.45, 2.75) is 36.7 Å². The van der Waals surface area contributed by atoms with Gasteiger partial charge in [0.05, 0.1) is 5.75 Å². The summed E-state index contributed by atoms with van der Waals surface area (Å²) in [6, 6.07) is 7.07. The molecule has 1 N–H and O–H groups in total. The Morgan fingerprint density at radius 1 is 1.50 bits per heavy atom. The molecule has 0 aliphatic heterocycles. The number of carboxylic acids is 1. The SMILES string of the molecule is CC(C(=O)O)N(C(=O)CSc1cccc(Br)c1)C1CC1. The van der Waals surface area contributed by atoms with E-state index in [1.165, 1.54) is 16.7 Å². The van der Waals surface area contributed by atoms with Crippen LogP contribution in [0.2, 0.25) is 0 Å². The molecule has 0 spiro atoms. The Labute approximate surface area is 130 Å². The molecule has 1 atom stereocenters. The Hall–Kier alpha value is -1.01. The first-order chi connectivity index (χ1) is 9.49. The second-order valence-electron chi connectivity index (χ2n) is 4.79. The van der Waals surface area contributed by atoms with Crippen molar-refractivity contribution in [3.63, 3.8) is 0 Å². The lowest BCUT2D eigenvalue weighted by molar-refractivity contribution is -0.148. The molecule has 1 aliphatic carbocycles. The van der Waals surface area contributed by atoms with Crippen LogP contribution in [0.3, 0.4) is 0 Å². The van der Waals surface area contributed by atoms with Gasteiger partial charge in [0.1, 0.15) is 6.04 Å². The third-order valence-corrected chi connectivity index (χ3v) is 4.63. The first-order valence-electron chi connectivity index (χ1n) is 6.41. The third-order valence-electron chi connectivity index (χ3n) is 3.16. The van der Waals surface area contributed by atoms with Crippen molar-refractivity contribution in [3.8, 4) is 0 Å². The second-order valence-corrected chi connectivity index (χ2v) is 6.76. The molecule has 4 nitrogen and oxygen atoms in total. The molecule has 0 aromatic heterocycles. The summed E-state index contributed by atoms with van der Waals surface area (Å²) in [5.41, 5.74) is 0. The normalized spacial score (nSPS) is 15.7. The Kier molecular flexibility index (Phi) is 5.10. The van der Waals surface area contributed by atoms with Crippen molar-refractivity contribution in [2.75, 3.05) is 5.75 Å². The average Bonchev–Trinajstić information content (AvgIpc) is 3.21. The largest absolute Gasteiger partial charge is 0.480 e. The van der Waals surface area contributed by atoms with Crippen molar-refractivity contribution in [3.05, 3.63) is 28.7 Å². The molecule has 2 rings (SSSR count). The van der Waals surface area contributed by atoms with Gasteiger partial charge in [0.15, 0.2) is 0 Å². The lowest BCUT2D eigenvalue weighted by Crippen LogP contribution is -2.45. The molecule has 1 saturated carbocycles. The van der Waals surface area contributed by atoms with Crippen LogP contribution in [0.1, 0.15) is 19.8 Å². The number of hydrogen-bond donors (Lipinski definition) is 1. The van der Waals surface area contributed by atoms with E-state index in [1.807, 2.05) is 24.3 Å². The first kappa shape index (κ1) is 15.4. The zero-order valence-corrected chi connectivity index (χ0v) is 13.5. The number of benzene rings is 1. The van der Waals surface area contributed by atoms with Gasteiger partial charge >= 0.3 is 5.97 Å². The standard InChI is InChI=1S/C14H16BrNO3S/c1-9(14(18)19)16(11-5-6-11)13(17)8-20-12-4-2-3-10(15)7-12/h2-4,7,9,11H,5-6,8H2,1H3,(H,18,19). The van der Waals surface area contributed by atoms with E-state index < -0.39 is 12.0 Å². The fourth-order valence-corrected chi connectivity index (χ4v) is 3.36. The fraction of sp³-hybridized carbons (Fsp3) is 0.429. The van der Waals surface area contributed by atoms with Gasteiger partial charge in [0.2, 0.25) is 5.91 Å². The molecule has 1 aliphatic rings. The highest BCUT2D eigenvalue weighted by Gasteiger charge is 2.38. The minimum absolute atomic E-state index is 0.104. The van der Waals surface area contributed by atoms with Crippen molar-refractivity contribution >= 4 is 39.6 Å². The number of carbonyl (C=O) groups is 2. The smallest absolute Gasteiger partial charge is 0.326 e. The highest BCUT2D eigenvalue weighted by molar-refractivity contribution is 9.10. The Bertz CT molecular complexity index is 519. The minimum atomic E-state index is -0.947. The number of amides is 1. The van der Waals surface area contributed by atoms with Gasteiger partial charge in [-0.15, -0.1) is 11.8 Å². The number of hydrogen-bond acceptors (Lipinski definition) is 3. The number of rotatable bonds is 6. The second kappa shape index (κ2) is 6.63. The summed E-state index contributed by atoms with van der Waals surface area (Å²) in [5, 5.41) is 9.09. The van der Waals surface area contributed by atoms with Crippen LogP contribution in [0, 0.1) is 0 Å².